The molecule has 5 nitrogen and oxygen atoms in total. The van der Waals surface area contributed by atoms with Gasteiger partial charge in [-0.3, -0.25) is 9.59 Å². The lowest BCUT2D eigenvalue weighted by atomic mass is 9.96. The van der Waals surface area contributed by atoms with Gasteiger partial charge in [0, 0.05) is 19.6 Å². The Bertz CT molecular complexity index is 300. The number of carbonyl (C=O) groups is 2. The second-order valence-electron chi connectivity index (χ2n) is 4.79. The zero-order chi connectivity index (χ0) is 12.3. The first-order valence-electron chi connectivity index (χ1n) is 6.53. The molecule has 2 aliphatic rings. The second-order valence-corrected chi connectivity index (χ2v) is 4.79. The monoisotopic (exact) mass is 239 g/mol. The van der Waals surface area contributed by atoms with Crippen molar-refractivity contribution in [1.82, 2.24) is 15.5 Å². The van der Waals surface area contributed by atoms with Crippen molar-refractivity contribution in [2.45, 2.75) is 32.2 Å². The molecule has 2 rings (SSSR count). The Balaban J connectivity index is 2.03. The Hall–Kier alpha value is -1.10. The molecule has 0 aliphatic carbocycles. The maximum atomic E-state index is 12.4. The van der Waals surface area contributed by atoms with E-state index < -0.39 is 0 Å². The van der Waals surface area contributed by atoms with Crippen LogP contribution in [0.15, 0.2) is 0 Å². The van der Waals surface area contributed by atoms with Gasteiger partial charge in [0.25, 0.3) is 0 Å². The van der Waals surface area contributed by atoms with Gasteiger partial charge in [-0.15, -0.1) is 0 Å². The molecule has 0 aromatic carbocycles. The van der Waals surface area contributed by atoms with Gasteiger partial charge in [0.1, 0.15) is 6.04 Å². The van der Waals surface area contributed by atoms with E-state index >= 15 is 0 Å². The van der Waals surface area contributed by atoms with Crippen molar-refractivity contribution in [2.75, 3.05) is 26.2 Å². The number of hydrogen-bond donors (Lipinski definition) is 2. The summed E-state index contributed by atoms with van der Waals surface area (Å²) in [6, 6.07) is -0.266. The van der Waals surface area contributed by atoms with Crippen LogP contribution in [0.4, 0.5) is 0 Å². The summed E-state index contributed by atoms with van der Waals surface area (Å²) in [4.78, 5) is 25.9. The van der Waals surface area contributed by atoms with Gasteiger partial charge < -0.3 is 15.5 Å². The molecular formula is C12H21N3O2. The number of carbonyl (C=O) groups excluding carboxylic acids is 2. The van der Waals surface area contributed by atoms with Crippen LogP contribution in [0.25, 0.3) is 0 Å². The highest BCUT2D eigenvalue weighted by atomic mass is 16.2. The molecular weight excluding hydrogens is 218 g/mol. The predicted molar refractivity (Wildman–Crippen MR) is 64.4 cm³/mol. The lowest BCUT2D eigenvalue weighted by Crippen LogP contribution is -2.59. The molecule has 0 bridgehead atoms. The fraction of sp³-hybridized carbons (Fsp3) is 0.833. The van der Waals surface area contributed by atoms with Crippen molar-refractivity contribution in [1.29, 1.82) is 0 Å². The topological polar surface area (TPSA) is 61.4 Å². The molecule has 0 saturated carbocycles. The summed E-state index contributed by atoms with van der Waals surface area (Å²) < 4.78 is 0. The zero-order valence-electron chi connectivity index (χ0n) is 10.4. The lowest BCUT2D eigenvalue weighted by Gasteiger charge is -2.37. The minimum absolute atomic E-state index is 0.00383. The van der Waals surface area contributed by atoms with Crippen molar-refractivity contribution < 1.29 is 9.59 Å². The van der Waals surface area contributed by atoms with Crippen molar-refractivity contribution in [3.63, 3.8) is 0 Å². The predicted octanol–water partition coefficient (Wildman–Crippen LogP) is -0.277. The quantitative estimate of drug-likeness (QED) is 0.697. The van der Waals surface area contributed by atoms with E-state index in [1.165, 1.54) is 0 Å². The second kappa shape index (κ2) is 5.49. The number of nitrogens with one attached hydrogen (secondary N) is 2. The summed E-state index contributed by atoms with van der Waals surface area (Å²) in [7, 11) is 0. The maximum Gasteiger partial charge on any atom is 0.242 e. The summed E-state index contributed by atoms with van der Waals surface area (Å²) in [5.74, 6) is 0.207. The van der Waals surface area contributed by atoms with Crippen LogP contribution < -0.4 is 10.6 Å². The van der Waals surface area contributed by atoms with Crippen molar-refractivity contribution >= 4 is 11.8 Å². The summed E-state index contributed by atoms with van der Waals surface area (Å²) >= 11 is 0. The van der Waals surface area contributed by atoms with E-state index in [-0.39, 0.29) is 23.8 Å². The molecule has 0 aromatic rings. The zero-order valence-corrected chi connectivity index (χ0v) is 10.4. The van der Waals surface area contributed by atoms with Gasteiger partial charge in [0.2, 0.25) is 11.8 Å². The van der Waals surface area contributed by atoms with Crippen molar-refractivity contribution in [3.8, 4) is 0 Å². The summed E-state index contributed by atoms with van der Waals surface area (Å²) in [5, 5.41) is 6.07. The fourth-order valence-corrected chi connectivity index (χ4v) is 2.68. The molecule has 2 fully saturated rings. The largest absolute Gasteiger partial charge is 0.353 e. The number of nitrogens with zero attached hydrogens (tertiary/aromatic N) is 1. The van der Waals surface area contributed by atoms with E-state index in [1.54, 1.807) is 4.90 Å². The van der Waals surface area contributed by atoms with Crippen LogP contribution in [0.3, 0.4) is 0 Å². The highest BCUT2D eigenvalue weighted by Crippen LogP contribution is 2.17. The maximum absolute atomic E-state index is 12.4. The van der Waals surface area contributed by atoms with Crippen LogP contribution in [-0.4, -0.2) is 48.9 Å². The Morgan fingerprint density at radius 2 is 2.29 bits per heavy atom. The van der Waals surface area contributed by atoms with Gasteiger partial charge in [-0.05, 0) is 25.8 Å². The first-order chi connectivity index (χ1) is 8.24. The molecule has 2 amide bonds. The molecule has 2 atom stereocenters. The normalized spacial score (nSPS) is 29.9. The van der Waals surface area contributed by atoms with Gasteiger partial charge in [-0.2, -0.15) is 0 Å². The van der Waals surface area contributed by atoms with Crippen LogP contribution in [0, 0.1) is 5.92 Å². The molecule has 0 aromatic heterocycles. The van der Waals surface area contributed by atoms with Crippen LogP contribution >= 0.6 is 0 Å². The van der Waals surface area contributed by atoms with Crippen LogP contribution in [-0.2, 0) is 9.59 Å². The standard InChI is InChI=1S/C12H21N3O2/c1-2-10-11(16)14-6-7-15(10)12(17)9-4-3-5-13-8-9/h9-10,13H,2-8H2,1H3,(H,14,16)/t9-,10-/m0/s1. The van der Waals surface area contributed by atoms with Crippen molar-refractivity contribution in [2.24, 2.45) is 5.92 Å². The highest BCUT2D eigenvalue weighted by Gasteiger charge is 2.35. The van der Waals surface area contributed by atoms with Crippen molar-refractivity contribution in [3.05, 3.63) is 0 Å². The SMILES string of the molecule is CC[C@H]1C(=O)NCCN1C(=O)[C@H]1CCCNC1. The number of piperazine rings is 1. The van der Waals surface area contributed by atoms with Crippen LogP contribution in [0.1, 0.15) is 26.2 Å². The third-order valence-corrected chi connectivity index (χ3v) is 3.65. The molecule has 0 spiro atoms. The molecule has 2 N–H and O–H groups in total. The number of hydrogen-bond acceptors (Lipinski definition) is 3. The number of amides is 2. The molecule has 0 unspecified atom stereocenters. The first kappa shape index (κ1) is 12.4. The molecule has 2 heterocycles. The van der Waals surface area contributed by atoms with Gasteiger partial charge in [0.05, 0.1) is 5.92 Å². The third-order valence-electron chi connectivity index (χ3n) is 3.65. The molecule has 0 radical (unpaired) electrons. The van der Waals surface area contributed by atoms with Crippen LogP contribution in [0.5, 0.6) is 0 Å². The van der Waals surface area contributed by atoms with E-state index in [9.17, 15) is 9.59 Å². The number of piperidine rings is 1. The van der Waals surface area contributed by atoms with E-state index in [2.05, 4.69) is 10.6 Å². The van der Waals surface area contributed by atoms with Gasteiger partial charge in [-0.1, -0.05) is 6.92 Å². The minimum Gasteiger partial charge on any atom is -0.353 e. The van der Waals surface area contributed by atoms with E-state index in [4.69, 9.17) is 0 Å². The Labute approximate surface area is 102 Å². The summed E-state index contributed by atoms with van der Waals surface area (Å²) in [6.45, 7) is 4.95. The average Bonchev–Trinajstić information content (AvgIpc) is 2.38. The molecule has 5 heteroatoms. The van der Waals surface area contributed by atoms with E-state index in [0.29, 0.717) is 19.5 Å². The minimum atomic E-state index is -0.266. The van der Waals surface area contributed by atoms with Gasteiger partial charge in [-0.25, -0.2) is 0 Å². The number of rotatable bonds is 2. The van der Waals surface area contributed by atoms with Crippen LogP contribution in [0.2, 0.25) is 0 Å². The van der Waals surface area contributed by atoms with Gasteiger partial charge >= 0.3 is 0 Å². The Kier molecular flexibility index (Phi) is 3.99. The summed E-state index contributed by atoms with van der Waals surface area (Å²) in [6.07, 6.45) is 2.69. The van der Waals surface area contributed by atoms with E-state index in [1.807, 2.05) is 6.92 Å². The fourth-order valence-electron chi connectivity index (χ4n) is 2.68. The third kappa shape index (κ3) is 2.60. The first-order valence-corrected chi connectivity index (χ1v) is 6.53. The Morgan fingerprint density at radius 1 is 1.47 bits per heavy atom. The molecule has 2 saturated heterocycles. The highest BCUT2D eigenvalue weighted by molar-refractivity contribution is 5.89. The Morgan fingerprint density at radius 3 is 2.94 bits per heavy atom. The molecule has 2 aliphatic heterocycles. The van der Waals surface area contributed by atoms with Gasteiger partial charge in [0.15, 0.2) is 0 Å². The molecule has 96 valence electrons. The lowest BCUT2D eigenvalue weighted by molar-refractivity contribution is -0.146. The van der Waals surface area contributed by atoms with E-state index in [0.717, 1.165) is 25.9 Å². The summed E-state index contributed by atoms with van der Waals surface area (Å²) in [5.41, 5.74) is 0. The smallest absolute Gasteiger partial charge is 0.242 e. The molecule has 17 heavy (non-hydrogen) atoms. The average molecular weight is 239 g/mol.